The van der Waals surface area contributed by atoms with Gasteiger partial charge in [-0.25, -0.2) is 14.8 Å². The van der Waals surface area contributed by atoms with Gasteiger partial charge in [0.1, 0.15) is 6.10 Å². The number of aromatic nitrogens is 2. The molecule has 0 N–H and O–H groups in total. The van der Waals surface area contributed by atoms with Crippen molar-refractivity contribution in [2.75, 3.05) is 6.61 Å². The van der Waals surface area contributed by atoms with Crippen molar-refractivity contribution in [3.05, 3.63) is 54.1 Å². The highest BCUT2D eigenvalue weighted by Gasteiger charge is 2.18. The number of carbonyl (C=O) groups excluding carboxylic acids is 1. The van der Waals surface area contributed by atoms with Crippen LogP contribution in [0.5, 0.6) is 5.75 Å². The maximum atomic E-state index is 12.1. The minimum Gasteiger partial charge on any atom is -0.490 e. The molecule has 1 heterocycles. The fraction of sp³-hybridized carbons (Fsp3) is 0.353. The Hall–Kier alpha value is -2.43. The fourth-order valence-electron chi connectivity index (χ4n) is 1.95. The molecule has 1 aromatic carbocycles. The van der Waals surface area contributed by atoms with Gasteiger partial charge >= 0.3 is 5.97 Å². The highest BCUT2D eigenvalue weighted by molar-refractivity contribution is 5.85. The molecule has 2 rings (SSSR count). The van der Waals surface area contributed by atoms with Crippen molar-refractivity contribution < 1.29 is 14.3 Å². The van der Waals surface area contributed by atoms with Crippen LogP contribution < -0.4 is 4.74 Å². The number of rotatable bonds is 7. The van der Waals surface area contributed by atoms with Crippen molar-refractivity contribution >= 4 is 5.97 Å². The van der Waals surface area contributed by atoms with Gasteiger partial charge in [0.15, 0.2) is 5.75 Å². The van der Waals surface area contributed by atoms with Crippen molar-refractivity contribution in [3.8, 4) is 5.75 Å². The second-order valence-corrected chi connectivity index (χ2v) is 4.80. The first-order valence-electron chi connectivity index (χ1n) is 7.45. The van der Waals surface area contributed by atoms with E-state index in [0.717, 1.165) is 12.0 Å². The Balaban J connectivity index is 2.01. The molecular formula is C17H20N2O3. The predicted molar refractivity (Wildman–Crippen MR) is 82.7 cm³/mol. The Morgan fingerprint density at radius 3 is 2.41 bits per heavy atom. The topological polar surface area (TPSA) is 61.3 Å². The van der Waals surface area contributed by atoms with E-state index in [0.29, 0.717) is 18.8 Å². The van der Waals surface area contributed by atoms with Crippen LogP contribution in [0.1, 0.15) is 49.0 Å². The summed E-state index contributed by atoms with van der Waals surface area (Å²) in [6.45, 7) is 4.58. The maximum absolute atomic E-state index is 12.1. The van der Waals surface area contributed by atoms with Crippen LogP contribution in [0.25, 0.3) is 0 Å². The smallest absolute Gasteiger partial charge is 0.376 e. The summed E-state index contributed by atoms with van der Waals surface area (Å²) in [5.74, 6) is 0.0597. The van der Waals surface area contributed by atoms with Gasteiger partial charge in [-0.15, -0.1) is 0 Å². The third-order valence-electron chi connectivity index (χ3n) is 3.08. The van der Waals surface area contributed by atoms with E-state index in [1.54, 1.807) is 0 Å². The summed E-state index contributed by atoms with van der Waals surface area (Å²) in [5, 5.41) is 0. The van der Waals surface area contributed by atoms with E-state index in [1.807, 2.05) is 44.2 Å². The molecule has 0 aliphatic rings. The predicted octanol–water partition coefficient (Wildman–Crippen LogP) is 3.57. The molecule has 0 amide bonds. The maximum Gasteiger partial charge on any atom is 0.376 e. The van der Waals surface area contributed by atoms with Crippen LogP contribution in [0.15, 0.2) is 42.7 Å². The molecule has 1 atom stereocenters. The normalized spacial score (nSPS) is 11.7. The van der Waals surface area contributed by atoms with Crippen LogP contribution in [0.2, 0.25) is 0 Å². The van der Waals surface area contributed by atoms with E-state index in [4.69, 9.17) is 9.47 Å². The minimum atomic E-state index is -0.530. The lowest BCUT2D eigenvalue weighted by Crippen LogP contribution is -2.14. The van der Waals surface area contributed by atoms with E-state index >= 15 is 0 Å². The van der Waals surface area contributed by atoms with E-state index < -0.39 is 5.97 Å². The zero-order valence-electron chi connectivity index (χ0n) is 12.9. The van der Waals surface area contributed by atoms with Crippen molar-refractivity contribution in [1.82, 2.24) is 9.97 Å². The quantitative estimate of drug-likeness (QED) is 0.731. The Morgan fingerprint density at radius 1 is 1.14 bits per heavy atom. The number of benzene rings is 1. The summed E-state index contributed by atoms with van der Waals surface area (Å²) in [7, 11) is 0. The summed E-state index contributed by atoms with van der Waals surface area (Å²) < 4.78 is 10.9. The van der Waals surface area contributed by atoms with Crippen LogP contribution in [-0.4, -0.2) is 22.5 Å². The monoisotopic (exact) mass is 300 g/mol. The second-order valence-electron chi connectivity index (χ2n) is 4.80. The zero-order chi connectivity index (χ0) is 15.8. The molecule has 0 saturated heterocycles. The number of hydrogen-bond donors (Lipinski definition) is 0. The van der Waals surface area contributed by atoms with E-state index in [1.165, 1.54) is 12.4 Å². The third kappa shape index (κ3) is 4.28. The molecule has 5 nitrogen and oxygen atoms in total. The molecule has 5 heteroatoms. The first-order valence-corrected chi connectivity index (χ1v) is 7.45. The van der Waals surface area contributed by atoms with Gasteiger partial charge in [-0.1, -0.05) is 44.2 Å². The molecule has 1 unspecified atom stereocenters. The lowest BCUT2D eigenvalue weighted by Gasteiger charge is -2.15. The van der Waals surface area contributed by atoms with E-state index in [-0.39, 0.29) is 11.9 Å². The number of carbonyl (C=O) groups is 1. The molecule has 0 fully saturated rings. The first kappa shape index (κ1) is 15.9. The molecule has 1 aromatic heterocycles. The summed E-state index contributed by atoms with van der Waals surface area (Å²) in [6.07, 6.45) is 4.27. The average Bonchev–Trinajstić information content (AvgIpc) is 2.58. The Labute approximate surface area is 130 Å². The van der Waals surface area contributed by atoms with Gasteiger partial charge in [-0.05, 0) is 18.4 Å². The summed E-state index contributed by atoms with van der Waals surface area (Å²) >= 11 is 0. The lowest BCUT2D eigenvalue weighted by molar-refractivity contribution is 0.0273. The molecular weight excluding hydrogens is 280 g/mol. The van der Waals surface area contributed by atoms with Crippen molar-refractivity contribution in [2.24, 2.45) is 0 Å². The number of ether oxygens (including phenoxy) is 2. The number of hydrogen-bond acceptors (Lipinski definition) is 5. The van der Waals surface area contributed by atoms with Gasteiger partial charge < -0.3 is 9.47 Å². The van der Waals surface area contributed by atoms with E-state index in [2.05, 4.69) is 9.97 Å². The van der Waals surface area contributed by atoms with Crippen LogP contribution >= 0.6 is 0 Å². The summed E-state index contributed by atoms with van der Waals surface area (Å²) in [6, 6.07) is 9.63. The average molecular weight is 300 g/mol. The fourth-order valence-corrected chi connectivity index (χ4v) is 1.95. The van der Waals surface area contributed by atoms with Gasteiger partial charge in [0.25, 0.3) is 0 Å². The van der Waals surface area contributed by atoms with Crippen molar-refractivity contribution in [3.63, 3.8) is 0 Å². The number of nitrogens with zero attached hydrogens (tertiary/aromatic N) is 2. The van der Waals surface area contributed by atoms with Crippen LogP contribution in [0, 0.1) is 0 Å². The standard InChI is InChI=1S/C17H20N2O3/c1-3-10-21-14-11-18-16(19-12-14)17(20)22-15(4-2)13-8-6-5-7-9-13/h5-9,11-12,15H,3-4,10H2,1-2H3. The molecule has 0 aliphatic heterocycles. The van der Waals surface area contributed by atoms with Gasteiger partial charge in [-0.3, -0.25) is 0 Å². The lowest BCUT2D eigenvalue weighted by atomic mass is 10.1. The highest BCUT2D eigenvalue weighted by Crippen LogP contribution is 2.21. The summed E-state index contributed by atoms with van der Waals surface area (Å²) in [4.78, 5) is 20.1. The van der Waals surface area contributed by atoms with E-state index in [9.17, 15) is 4.79 Å². The van der Waals surface area contributed by atoms with Gasteiger partial charge in [0, 0.05) is 0 Å². The largest absolute Gasteiger partial charge is 0.490 e. The van der Waals surface area contributed by atoms with Crippen LogP contribution in [0.3, 0.4) is 0 Å². The van der Waals surface area contributed by atoms with Crippen molar-refractivity contribution in [2.45, 2.75) is 32.8 Å². The number of esters is 1. The minimum absolute atomic E-state index is 0.0400. The second kappa shape index (κ2) is 8.12. The summed E-state index contributed by atoms with van der Waals surface area (Å²) in [5.41, 5.74) is 0.959. The molecule has 116 valence electrons. The zero-order valence-corrected chi connectivity index (χ0v) is 12.9. The van der Waals surface area contributed by atoms with Gasteiger partial charge in [0.05, 0.1) is 19.0 Å². The molecule has 0 saturated carbocycles. The first-order chi connectivity index (χ1) is 10.7. The molecule has 0 spiro atoms. The Kier molecular flexibility index (Phi) is 5.89. The highest BCUT2D eigenvalue weighted by atomic mass is 16.5. The third-order valence-corrected chi connectivity index (χ3v) is 3.08. The Bertz CT molecular complexity index is 585. The molecule has 2 aromatic rings. The van der Waals surface area contributed by atoms with Gasteiger partial charge in [0.2, 0.25) is 5.82 Å². The van der Waals surface area contributed by atoms with Crippen LogP contribution in [-0.2, 0) is 4.74 Å². The van der Waals surface area contributed by atoms with Crippen LogP contribution in [0.4, 0.5) is 0 Å². The molecule has 0 aliphatic carbocycles. The molecule has 0 bridgehead atoms. The Morgan fingerprint density at radius 2 is 1.82 bits per heavy atom. The SMILES string of the molecule is CCCOc1cnc(C(=O)OC(CC)c2ccccc2)nc1. The van der Waals surface area contributed by atoms with Gasteiger partial charge in [-0.2, -0.15) is 0 Å². The van der Waals surface area contributed by atoms with Crippen molar-refractivity contribution in [1.29, 1.82) is 0 Å². The molecule has 22 heavy (non-hydrogen) atoms. The molecule has 0 radical (unpaired) electrons.